The van der Waals surface area contributed by atoms with Crippen molar-refractivity contribution < 1.29 is 14.2 Å². The van der Waals surface area contributed by atoms with Gasteiger partial charge in [0.1, 0.15) is 6.17 Å². The second-order valence-electron chi connectivity index (χ2n) is 13.6. The number of carbonyl (C=O) groups excluding carboxylic acids is 2. The summed E-state index contributed by atoms with van der Waals surface area (Å²) >= 11 is 0. The number of rotatable bonds is 0. The van der Waals surface area contributed by atoms with Gasteiger partial charge in [-0.2, -0.15) is 4.58 Å². The molecule has 3 aliphatic rings. The Hall–Kier alpha value is -4.81. The number of nitrogens with one attached hydrogen (secondary N) is 1. The number of fused-ring (bicyclic) bond motifs is 9. The highest BCUT2D eigenvalue weighted by molar-refractivity contribution is 6.07. The number of hydrogen-bond acceptors (Lipinski definition) is 4. The molecule has 6 nitrogen and oxygen atoms in total. The van der Waals surface area contributed by atoms with Crippen LogP contribution in [0, 0.1) is 0 Å². The normalized spacial score (nSPS) is 23.5. The minimum atomic E-state index is -1.06. The highest BCUT2D eigenvalue weighted by Crippen LogP contribution is 2.51. The molecule has 4 aromatic carbocycles. The Bertz CT molecular complexity index is 2050. The smallest absolute Gasteiger partial charge is 0.227 e. The Morgan fingerprint density at radius 2 is 1.46 bits per heavy atom. The molecule has 3 heterocycles. The van der Waals surface area contributed by atoms with Crippen LogP contribution < -0.4 is 16.0 Å². The van der Waals surface area contributed by atoms with Crippen LogP contribution in [0.4, 0.5) is 11.4 Å². The van der Waals surface area contributed by atoms with Gasteiger partial charge in [-0.05, 0) is 59.2 Å². The average molecular weight is 610 g/mol. The lowest BCUT2D eigenvalue weighted by Gasteiger charge is -2.27. The predicted molar refractivity (Wildman–Crippen MR) is 188 cm³/mol. The number of benzene rings is 4. The van der Waals surface area contributed by atoms with E-state index in [1.54, 1.807) is 0 Å². The van der Waals surface area contributed by atoms with Crippen molar-refractivity contribution in [1.29, 1.82) is 0 Å². The van der Waals surface area contributed by atoms with Gasteiger partial charge in [-0.1, -0.05) is 86.7 Å². The summed E-state index contributed by atoms with van der Waals surface area (Å²) in [6.07, 6.45) is 9.99. The molecule has 3 aliphatic heterocycles. The Labute approximate surface area is 270 Å². The van der Waals surface area contributed by atoms with Crippen LogP contribution in [0.3, 0.4) is 0 Å². The molecule has 0 fully saturated rings. The third-order valence-corrected chi connectivity index (χ3v) is 10.0. The molecule has 46 heavy (non-hydrogen) atoms. The number of carbonyl (C=O) groups is 2. The van der Waals surface area contributed by atoms with Gasteiger partial charge in [-0.3, -0.25) is 9.59 Å². The van der Waals surface area contributed by atoms with Crippen LogP contribution in [0.15, 0.2) is 109 Å². The van der Waals surface area contributed by atoms with Crippen LogP contribution in [-0.4, -0.2) is 41.2 Å². The molecule has 0 aliphatic carbocycles. The van der Waals surface area contributed by atoms with E-state index in [9.17, 15) is 9.59 Å². The summed E-state index contributed by atoms with van der Waals surface area (Å²) in [6.45, 7) is 9.95. The molecule has 0 spiro atoms. The van der Waals surface area contributed by atoms with E-state index in [4.69, 9.17) is 5.73 Å². The van der Waals surface area contributed by atoms with Gasteiger partial charge in [0.25, 0.3) is 0 Å². The van der Waals surface area contributed by atoms with Gasteiger partial charge in [0.2, 0.25) is 11.6 Å². The van der Waals surface area contributed by atoms with Crippen molar-refractivity contribution in [2.24, 2.45) is 5.73 Å². The van der Waals surface area contributed by atoms with Crippen molar-refractivity contribution >= 4 is 50.3 Å². The minimum Gasteiger partial charge on any atom is -0.343 e. The van der Waals surface area contributed by atoms with Crippen LogP contribution in [0.5, 0.6) is 0 Å². The van der Waals surface area contributed by atoms with Crippen molar-refractivity contribution in [2.75, 3.05) is 18.0 Å². The Kier molecular flexibility index (Phi) is 7.28. The first-order chi connectivity index (χ1) is 22.1. The van der Waals surface area contributed by atoms with Crippen LogP contribution in [0.25, 0.3) is 21.5 Å². The topological polar surface area (TPSA) is 78.4 Å². The van der Waals surface area contributed by atoms with E-state index in [0.717, 1.165) is 22.8 Å². The third kappa shape index (κ3) is 4.79. The highest BCUT2D eigenvalue weighted by atomic mass is 16.2. The molecule has 1 unspecified atom stereocenters. The van der Waals surface area contributed by atoms with E-state index in [2.05, 4.69) is 146 Å². The number of allylic oxidation sites excluding steroid dienone is 6. The molecule has 7 rings (SSSR count). The number of ketones is 1. The second-order valence-corrected chi connectivity index (χ2v) is 13.6. The molecular formula is C40H41N4O2+. The number of Topliss-reactive ketones (excluding diaryl/α,β-unsaturated/α-hetero) is 1. The van der Waals surface area contributed by atoms with Gasteiger partial charge in [0.15, 0.2) is 18.0 Å². The zero-order valence-electron chi connectivity index (χ0n) is 27.0. The SMILES string of the molecule is CC1(C)C2=[N+](CCC(=O)NC(N)C(=O)CCN3/C(=C/C=C/C=C/2)C(C)(C)c2c3ccc3ccccc23)c2ccc3ccccc3c21. The minimum absolute atomic E-state index is 0.187. The van der Waals surface area contributed by atoms with Crippen molar-refractivity contribution in [1.82, 2.24) is 5.32 Å². The number of amides is 1. The molecular weight excluding hydrogens is 568 g/mol. The summed E-state index contributed by atoms with van der Waals surface area (Å²) in [4.78, 5) is 28.8. The van der Waals surface area contributed by atoms with Gasteiger partial charge in [-0.15, -0.1) is 0 Å². The standard InChI is InChI=1S/C40H40N4O2/c1-39(2)33-16-6-5-7-17-34-40(3,4)37-29-15-11-9-13-27(29)19-21-31(37)44(34)25-23-35(46)42-38(41)32(45)22-24-43(33)30-20-18-26-12-8-10-14-28(26)36(30)39/h5-21,38H,22-25,41H2,1-4H3/p+1. The third-order valence-electron chi connectivity index (χ3n) is 10.0. The molecule has 0 radical (unpaired) electrons. The summed E-state index contributed by atoms with van der Waals surface area (Å²) in [5.74, 6) is -0.423. The van der Waals surface area contributed by atoms with Crippen LogP contribution in [-0.2, 0) is 20.4 Å². The fraction of sp³-hybridized carbons (Fsp3) is 0.275. The van der Waals surface area contributed by atoms with E-state index < -0.39 is 6.17 Å². The lowest BCUT2D eigenvalue weighted by atomic mass is 9.79. The summed E-state index contributed by atoms with van der Waals surface area (Å²) in [5, 5.41) is 7.61. The Morgan fingerprint density at radius 1 is 0.783 bits per heavy atom. The number of nitrogens with zero attached hydrogens (tertiary/aromatic N) is 2. The summed E-state index contributed by atoms with van der Waals surface area (Å²) in [6, 6.07) is 25.6. The Balaban J connectivity index is 1.33. The predicted octanol–water partition coefficient (Wildman–Crippen LogP) is 6.93. The fourth-order valence-electron chi connectivity index (χ4n) is 7.83. The first-order valence-corrected chi connectivity index (χ1v) is 16.2. The molecule has 4 aromatic rings. The highest BCUT2D eigenvalue weighted by Gasteiger charge is 2.46. The van der Waals surface area contributed by atoms with Crippen molar-refractivity contribution in [2.45, 2.75) is 57.5 Å². The maximum atomic E-state index is 13.3. The molecule has 1 amide bonds. The van der Waals surface area contributed by atoms with E-state index in [-0.39, 0.29) is 35.4 Å². The maximum Gasteiger partial charge on any atom is 0.227 e. The van der Waals surface area contributed by atoms with Gasteiger partial charge < -0.3 is 16.0 Å². The second kappa shape index (κ2) is 11.2. The number of hydrogen-bond donors (Lipinski definition) is 2. The Morgan fingerprint density at radius 3 is 2.20 bits per heavy atom. The fourth-order valence-corrected chi connectivity index (χ4v) is 7.83. The van der Waals surface area contributed by atoms with Crippen molar-refractivity contribution in [3.05, 3.63) is 120 Å². The molecule has 6 heteroatoms. The number of nitrogens with two attached hydrogens (primary N) is 1. The molecule has 232 valence electrons. The molecule has 1 atom stereocenters. The van der Waals surface area contributed by atoms with Crippen LogP contribution in [0.1, 0.15) is 51.7 Å². The van der Waals surface area contributed by atoms with Gasteiger partial charge in [0, 0.05) is 47.5 Å². The van der Waals surface area contributed by atoms with Crippen molar-refractivity contribution in [3.63, 3.8) is 0 Å². The van der Waals surface area contributed by atoms with Crippen LogP contribution in [0.2, 0.25) is 0 Å². The van der Waals surface area contributed by atoms with E-state index in [1.165, 1.54) is 32.7 Å². The summed E-state index contributed by atoms with van der Waals surface area (Å²) < 4.78 is 2.25. The lowest BCUT2D eigenvalue weighted by Crippen LogP contribution is -2.48. The average Bonchev–Trinajstić information content (AvgIpc) is 3.40. The monoisotopic (exact) mass is 609 g/mol. The van der Waals surface area contributed by atoms with E-state index in [0.29, 0.717) is 13.1 Å². The molecule has 0 aromatic heterocycles. The summed E-state index contributed by atoms with van der Waals surface area (Å²) in [5.41, 5.74) is 12.7. The largest absolute Gasteiger partial charge is 0.343 e. The maximum absolute atomic E-state index is 13.3. The van der Waals surface area contributed by atoms with Gasteiger partial charge in [-0.25, -0.2) is 0 Å². The van der Waals surface area contributed by atoms with Crippen molar-refractivity contribution in [3.8, 4) is 0 Å². The van der Waals surface area contributed by atoms with E-state index >= 15 is 0 Å². The quantitative estimate of drug-likeness (QED) is 0.212. The molecule has 0 saturated carbocycles. The lowest BCUT2D eigenvalue weighted by molar-refractivity contribution is -0.436. The molecule has 0 saturated heterocycles. The first-order valence-electron chi connectivity index (χ1n) is 16.2. The molecule has 3 N–H and O–H groups in total. The van der Waals surface area contributed by atoms with Crippen LogP contribution >= 0.6 is 0 Å². The zero-order valence-corrected chi connectivity index (χ0v) is 27.0. The zero-order chi connectivity index (χ0) is 32.2. The molecule has 0 bridgehead atoms. The first kappa shape index (κ1) is 29.9. The summed E-state index contributed by atoms with van der Waals surface area (Å²) in [7, 11) is 0. The van der Waals surface area contributed by atoms with E-state index in [1.807, 2.05) is 0 Å². The number of anilines is 1. The van der Waals surface area contributed by atoms with Gasteiger partial charge >= 0.3 is 0 Å². The van der Waals surface area contributed by atoms with Gasteiger partial charge in [0.05, 0.1) is 11.8 Å².